The highest BCUT2D eigenvalue weighted by molar-refractivity contribution is 5.85. The van der Waals surface area contributed by atoms with Gasteiger partial charge in [0.2, 0.25) is 0 Å². The van der Waals surface area contributed by atoms with Crippen LogP contribution in [0.15, 0.2) is 5.16 Å². The molecule has 1 saturated carbocycles. The summed E-state index contributed by atoms with van der Waals surface area (Å²) >= 11 is 0. The van der Waals surface area contributed by atoms with Crippen LogP contribution in [-0.2, 0) is 4.74 Å². The van der Waals surface area contributed by atoms with Gasteiger partial charge in [-0.25, -0.2) is 0 Å². The molecule has 0 aliphatic heterocycles. The van der Waals surface area contributed by atoms with E-state index >= 15 is 0 Å². The van der Waals surface area contributed by atoms with Crippen molar-refractivity contribution in [3.63, 3.8) is 0 Å². The third kappa shape index (κ3) is 4.84. The number of oxime groups is 1. The molecule has 1 aliphatic carbocycles. The van der Waals surface area contributed by atoms with E-state index < -0.39 is 0 Å². The second-order valence-corrected chi connectivity index (χ2v) is 5.34. The Morgan fingerprint density at radius 2 is 2.12 bits per heavy atom. The lowest BCUT2D eigenvalue weighted by Gasteiger charge is -2.22. The molecule has 4 heteroatoms. The molecular weight excluding hydrogens is 204 g/mol. The van der Waals surface area contributed by atoms with E-state index in [2.05, 4.69) is 5.16 Å². The van der Waals surface area contributed by atoms with Crippen molar-refractivity contribution in [1.82, 2.24) is 0 Å². The number of nitrogens with two attached hydrogens (primary N) is 1. The van der Waals surface area contributed by atoms with Gasteiger partial charge in [-0.3, -0.25) is 0 Å². The average Bonchev–Trinajstić information content (AvgIpc) is 3.05. The van der Waals surface area contributed by atoms with Crippen molar-refractivity contribution in [2.24, 2.45) is 22.2 Å². The largest absolute Gasteiger partial charge is 0.409 e. The van der Waals surface area contributed by atoms with Gasteiger partial charge in [-0.1, -0.05) is 25.4 Å². The molecule has 1 rings (SSSR count). The first-order valence-corrected chi connectivity index (χ1v) is 6.12. The summed E-state index contributed by atoms with van der Waals surface area (Å²) in [4.78, 5) is 0. The maximum absolute atomic E-state index is 8.62. The van der Waals surface area contributed by atoms with E-state index in [0.717, 1.165) is 38.4 Å². The van der Waals surface area contributed by atoms with Gasteiger partial charge < -0.3 is 15.7 Å². The van der Waals surface area contributed by atoms with Crippen molar-refractivity contribution in [3.05, 3.63) is 0 Å². The van der Waals surface area contributed by atoms with E-state index in [-0.39, 0.29) is 5.41 Å². The molecule has 3 N–H and O–H groups in total. The summed E-state index contributed by atoms with van der Waals surface area (Å²) in [5, 5.41) is 11.7. The summed E-state index contributed by atoms with van der Waals surface area (Å²) in [5.74, 6) is 1.15. The number of rotatable bonds is 8. The second-order valence-electron chi connectivity index (χ2n) is 5.34. The van der Waals surface area contributed by atoms with Gasteiger partial charge in [-0.2, -0.15) is 0 Å². The minimum absolute atomic E-state index is 0.217. The van der Waals surface area contributed by atoms with Crippen molar-refractivity contribution < 1.29 is 9.94 Å². The Labute approximate surface area is 97.8 Å². The van der Waals surface area contributed by atoms with Gasteiger partial charge in [-0.05, 0) is 31.6 Å². The first-order chi connectivity index (χ1) is 7.56. The molecule has 0 bridgehead atoms. The van der Waals surface area contributed by atoms with Crippen LogP contribution in [0.2, 0.25) is 0 Å². The van der Waals surface area contributed by atoms with Gasteiger partial charge in [0, 0.05) is 18.6 Å². The van der Waals surface area contributed by atoms with E-state index in [9.17, 15) is 0 Å². The lowest BCUT2D eigenvalue weighted by Crippen LogP contribution is -2.31. The van der Waals surface area contributed by atoms with Crippen LogP contribution >= 0.6 is 0 Å². The molecule has 1 fully saturated rings. The third-order valence-electron chi connectivity index (χ3n) is 3.19. The molecule has 0 atom stereocenters. The molecule has 0 saturated heterocycles. The summed E-state index contributed by atoms with van der Waals surface area (Å²) in [6.07, 6.45) is 5.71. The fraction of sp³-hybridized carbons (Fsp3) is 0.917. The van der Waals surface area contributed by atoms with E-state index in [4.69, 9.17) is 15.7 Å². The minimum atomic E-state index is -0.217. The Kier molecular flexibility index (Phi) is 5.06. The molecule has 16 heavy (non-hydrogen) atoms. The van der Waals surface area contributed by atoms with Gasteiger partial charge >= 0.3 is 0 Å². The number of amidine groups is 1. The van der Waals surface area contributed by atoms with E-state index in [1.165, 1.54) is 12.8 Å². The van der Waals surface area contributed by atoms with Crippen LogP contribution in [0.3, 0.4) is 0 Å². The van der Waals surface area contributed by atoms with Gasteiger partial charge in [0.1, 0.15) is 5.84 Å². The van der Waals surface area contributed by atoms with Crippen molar-refractivity contribution in [2.45, 2.75) is 46.0 Å². The topological polar surface area (TPSA) is 67.8 Å². The van der Waals surface area contributed by atoms with Crippen LogP contribution in [0.4, 0.5) is 0 Å². The highest BCUT2D eigenvalue weighted by atomic mass is 16.5. The average molecular weight is 228 g/mol. The lowest BCUT2D eigenvalue weighted by atomic mass is 9.86. The molecule has 0 radical (unpaired) electrons. The molecule has 94 valence electrons. The van der Waals surface area contributed by atoms with Crippen molar-refractivity contribution in [3.8, 4) is 0 Å². The zero-order valence-electron chi connectivity index (χ0n) is 10.4. The Morgan fingerprint density at radius 3 is 2.69 bits per heavy atom. The predicted molar refractivity (Wildman–Crippen MR) is 64.6 cm³/mol. The maximum atomic E-state index is 8.62. The Morgan fingerprint density at radius 1 is 1.44 bits per heavy atom. The summed E-state index contributed by atoms with van der Waals surface area (Å²) < 4.78 is 5.55. The molecule has 1 aliphatic rings. The molecule has 0 unspecified atom stereocenters. The molecular formula is C12H24N2O2. The van der Waals surface area contributed by atoms with Crippen LogP contribution < -0.4 is 5.73 Å². The number of ether oxygens (including phenoxy) is 1. The van der Waals surface area contributed by atoms with E-state index in [0.29, 0.717) is 5.84 Å². The molecule has 4 nitrogen and oxygen atoms in total. The first kappa shape index (κ1) is 13.3. The van der Waals surface area contributed by atoms with Crippen LogP contribution in [0.5, 0.6) is 0 Å². The Balaban J connectivity index is 2.00. The highest BCUT2D eigenvalue weighted by Gasteiger charge is 2.23. The van der Waals surface area contributed by atoms with Gasteiger partial charge in [0.25, 0.3) is 0 Å². The third-order valence-corrected chi connectivity index (χ3v) is 3.19. The van der Waals surface area contributed by atoms with Gasteiger partial charge in [0.05, 0.1) is 0 Å². The monoisotopic (exact) mass is 228 g/mol. The molecule has 0 heterocycles. The predicted octanol–water partition coefficient (Wildman–Crippen LogP) is 2.36. The quantitative estimate of drug-likeness (QED) is 0.220. The van der Waals surface area contributed by atoms with Crippen molar-refractivity contribution in [2.75, 3.05) is 13.2 Å². The summed E-state index contributed by atoms with van der Waals surface area (Å²) in [6, 6.07) is 0. The molecule has 0 aromatic carbocycles. The SMILES string of the molecule is CC(C)(CCCCOCC1CC1)C(N)=NO. The first-order valence-electron chi connectivity index (χ1n) is 6.12. The number of unbranched alkanes of at least 4 members (excludes halogenated alkanes) is 1. The molecule has 0 aromatic heterocycles. The number of hydrogen-bond donors (Lipinski definition) is 2. The zero-order valence-corrected chi connectivity index (χ0v) is 10.4. The highest BCUT2D eigenvalue weighted by Crippen LogP contribution is 2.29. The number of hydrogen-bond acceptors (Lipinski definition) is 3. The standard InChI is InChI=1S/C12H24N2O2/c1-12(2,11(13)14-15)7-3-4-8-16-9-10-5-6-10/h10,15H,3-9H2,1-2H3,(H2,13,14). The van der Waals surface area contributed by atoms with Crippen LogP contribution in [0.25, 0.3) is 0 Å². The van der Waals surface area contributed by atoms with Crippen molar-refractivity contribution in [1.29, 1.82) is 0 Å². The van der Waals surface area contributed by atoms with Crippen molar-refractivity contribution >= 4 is 5.84 Å². The fourth-order valence-electron chi connectivity index (χ4n) is 1.57. The second kappa shape index (κ2) is 6.09. The Hall–Kier alpha value is -0.770. The molecule has 0 amide bonds. The van der Waals surface area contributed by atoms with E-state index in [1.54, 1.807) is 0 Å². The summed E-state index contributed by atoms with van der Waals surface area (Å²) in [6.45, 7) is 5.76. The van der Waals surface area contributed by atoms with Crippen LogP contribution in [-0.4, -0.2) is 24.3 Å². The van der Waals surface area contributed by atoms with E-state index in [1.807, 2.05) is 13.8 Å². The summed E-state index contributed by atoms with van der Waals surface area (Å²) in [5.41, 5.74) is 5.39. The summed E-state index contributed by atoms with van der Waals surface area (Å²) in [7, 11) is 0. The molecule has 0 aromatic rings. The van der Waals surface area contributed by atoms with Crippen LogP contribution in [0, 0.1) is 11.3 Å². The maximum Gasteiger partial charge on any atom is 0.144 e. The molecule has 0 spiro atoms. The smallest absolute Gasteiger partial charge is 0.144 e. The van der Waals surface area contributed by atoms with Gasteiger partial charge in [0.15, 0.2) is 0 Å². The minimum Gasteiger partial charge on any atom is -0.409 e. The normalized spacial score (nSPS) is 17.8. The Bertz CT molecular complexity index is 235. The lowest BCUT2D eigenvalue weighted by molar-refractivity contribution is 0.119. The number of nitrogens with zero attached hydrogens (tertiary/aromatic N) is 1. The van der Waals surface area contributed by atoms with Gasteiger partial charge in [-0.15, -0.1) is 0 Å². The van der Waals surface area contributed by atoms with Crippen LogP contribution in [0.1, 0.15) is 46.0 Å². The fourth-order valence-corrected chi connectivity index (χ4v) is 1.57. The zero-order chi connectivity index (χ0) is 12.0.